The van der Waals surface area contributed by atoms with Gasteiger partial charge in [-0.15, -0.1) is 0 Å². The molecule has 0 unspecified atom stereocenters. The van der Waals surface area contributed by atoms with E-state index in [9.17, 15) is 29.4 Å². The third-order valence-electron chi connectivity index (χ3n) is 17.1. The van der Waals surface area contributed by atoms with Crippen LogP contribution in [-0.4, -0.2) is 89.6 Å². The first-order valence-electron chi connectivity index (χ1n) is 21.9. The second-order valence-electron chi connectivity index (χ2n) is 21.6. The monoisotopic (exact) mass is 822 g/mol. The van der Waals surface area contributed by atoms with Gasteiger partial charge in [0.05, 0.1) is 17.9 Å². The van der Waals surface area contributed by atoms with Gasteiger partial charge in [0.25, 0.3) is 5.91 Å². The smallest absolute Gasteiger partial charge is 0.309 e. The molecule has 0 bridgehead atoms. The van der Waals surface area contributed by atoms with E-state index in [4.69, 9.17) is 16.3 Å². The van der Waals surface area contributed by atoms with Gasteiger partial charge < -0.3 is 24.7 Å². The predicted octanol–water partition coefficient (Wildman–Crippen LogP) is 9.10. The molecule has 58 heavy (non-hydrogen) atoms. The first-order chi connectivity index (χ1) is 26.9. The third kappa shape index (κ3) is 7.29. The minimum atomic E-state index is -1.19. The highest BCUT2D eigenvalue weighted by atomic mass is 35.5. The summed E-state index contributed by atoms with van der Waals surface area (Å²) in [5.74, 6) is -0.515. The number of amides is 1. The SMILES string of the molecule is CC(C)C1=C2[C@H]3CC[C@@H]4[C@@]5(C)CC[C@H](OC(=O)CC(C)(C)C(=O)O)C(C)(C)[C@@H]5CC[C@@]4(C)[C@]3(C)CC[C@@]2([C@@H](O)CN(CCN(C)C)C(=O)c2ccc(Cl)cc2)CC1=O. The van der Waals surface area contributed by atoms with Crippen LogP contribution in [0.4, 0.5) is 0 Å². The van der Waals surface area contributed by atoms with E-state index < -0.39 is 28.9 Å². The van der Waals surface area contributed by atoms with Crippen LogP contribution in [0.2, 0.25) is 5.02 Å². The van der Waals surface area contributed by atoms with Crippen LogP contribution in [0.1, 0.15) is 137 Å². The summed E-state index contributed by atoms with van der Waals surface area (Å²) in [5.41, 5.74) is 0.320. The standard InChI is InChI=1S/C48H71ClN2O7/c1-29(2)39-33(52)26-48(36(53)28-51(25-24-50(10)11)41(55)30-12-14-31(49)15-13-30)23-22-46(8)32(40(39)48)16-17-35-45(7)20-19-37(58-38(54)27-43(3,4)42(56)57)44(5,6)34(45)18-21-47(35,46)9/h12-15,29,32,34-37,53H,16-28H2,1-11H3,(H,56,57)/t32-,34+,35-,36+,37+,45+,46-,47-,48+/m1/s1. The van der Waals surface area contributed by atoms with Gasteiger partial charge in [-0.25, -0.2) is 0 Å². The molecule has 0 aliphatic heterocycles. The average molecular weight is 824 g/mol. The lowest BCUT2D eigenvalue weighted by Crippen LogP contribution is -2.66. The van der Waals surface area contributed by atoms with E-state index in [0.717, 1.165) is 50.5 Å². The Labute approximate surface area is 352 Å². The Morgan fingerprint density at radius 1 is 0.897 bits per heavy atom. The molecule has 0 heterocycles. The van der Waals surface area contributed by atoms with Gasteiger partial charge in [-0.2, -0.15) is 0 Å². The normalized spacial score (nSPS) is 34.8. The van der Waals surface area contributed by atoms with Crippen molar-refractivity contribution in [1.29, 1.82) is 0 Å². The maximum atomic E-state index is 14.3. The van der Waals surface area contributed by atoms with Crippen LogP contribution in [0.5, 0.6) is 0 Å². The molecule has 1 aromatic carbocycles. The summed E-state index contributed by atoms with van der Waals surface area (Å²) in [7, 11) is 3.95. The van der Waals surface area contributed by atoms with Gasteiger partial charge in [0.2, 0.25) is 0 Å². The minimum absolute atomic E-state index is 0.0114. The van der Waals surface area contributed by atoms with Crippen LogP contribution in [0.15, 0.2) is 35.4 Å². The van der Waals surface area contributed by atoms with Gasteiger partial charge in [0.1, 0.15) is 6.10 Å². The number of esters is 1. The summed E-state index contributed by atoms with van der Waals surface area (Å²) in [6, 6.07) is 6.92. The number of fused-ring (bicyclic) bond motifs is 7. The fraction of sp³-hybridized carbons (Fsp3) is 0.750. The maximum Gasteiger partial charge on any atom is 0.309 e. The summed E-state index contributed by atoms with van der Waals surface area (Å²) in [6.45, 7) is 20.6. The lowest BCUT2D eigenvalue weighted by Gasteiger charge is -2.72. The molecular formula is C48H71ClN2O7. The number of hydrogen-bond acceptors (Lipinski definition) is 7. The number of aliphatic hydroxyl groups excluding tert-OH is 1. The Morgan fingerprint density at radius 3 is 2.16 bits per heavy atom. The lowest BCUT2D eigenvalue weighted by atomic mass is 9.33. The molecule has 0 spiro atoms. The van der Waals surface area contributed by atoms with Gasteiger partial charge in [-0.3, -0.25) is 19.2 Å². The van der Waals surface area contributed by atoms with Crippen molar-refractivity contribution in [2.24, 2.45) is 56.2 Å². The zero-order valence-corrected chi connectivity index (χ0v) is 37.9. The number of carboxylic acids is 1. The fourth-order valence-corrected chi connectivity index (χ4v) is 13.8. The molecule has 0 aromatic heterocycles. The van der Waals surface area contributed by atoms with Crippen molar-refractivity contribution in [1.82, 2.24) is 9.80 Å². The molecule has 0 radical (unpaired) electrons. The second kappa shape index (κ2) is 15.6. The predicted molar refractivity (Wildman–Crippen MR) is 227 cm³/mol. The van der Waals surface area contributed by atoms with Crippen molar-refractivity contribution >= 4 is 35.2 Å². The molecule has 4 saturated carbocycles. The number of aliphatic carboxylic acids is 1. The highest BCUT2D eigenvalue weighted by Gasteiger charge is 2.71. The number of nitrogens with zero attached hydrogens (tertiary/aromatic N) is 2. The number of rotatable bonds is 12. The maximum absolute atomic E-state index is 14.3. The molecule has 5 aliphatic carbocycles. The molecule has 0 saturated heterocycles. The minimum Gasteiger partial charge on any atom is -0.481 e. The van der Waals surface area contributed by atoms with Gasteiger partial charge in [0.15, 0.2) is 5.78 Å². The Bertz CT molecular complexity index is 1820. The van der Waals surface area contributed by atoms with Crippen molar-refractivity contribution < 1.29 is 34.1 Å². The highest BCUT2D eigenvalue weighted by molar-refractivity contribution is 6.30. The number of carboxylic acid groups (broad SMARTS) is 1. The topological polar surface area (TPSA) is 124 Å². The van der Waals surface area contributed by atoms with Crippen molar-refractivity contribution in [2.75, 3.05) is 33.7 Å². The van der Waals surface area contributed by atoms with Crippen LogP contribution in [0.25, 0.3) is 0 Å². The summed E-state index contributed by atoms with van der Waals surface area (Å²) in [4.78, 5) is 57.1. The number of ether oxygens (including phenoxy) is 1. The molecule has 6 rings (SSSR count). The van der Waals surface area contributed by atoms with E-state index >= 15 is 0 Å². The number of carbonyl (C=O) groups is 4. The van der Waals surface area contributed by atoms with Crippen LogP contribution in [-0.2, 0) is 19.1 Å². The zero-order chi connectivity index (χ0) is 43.0. The second-order valence-corrected chi connectivity index (χ2v) is 22.1. The number of halogens is 1. The van der Waals surface area contributed by atoms with E-state index in [-0.39, 0.29) is 70.7 Å². The number of allylic oxidation sites excluding steroid dienone is 1. The first kappa shape index (κ1) is 44.8. The van der Waals surface area contributed by atoms with Gasteiger partial charge in [0, 0.05) is 47.5 Å². The Balaban J connectivity index is 1.30. The molecule has 322 valence electrons. The molecule has 4 fully saturated rings. The first-order valence-corrected chi connectivity index (χ1v) is 22.3. The number of ketones is 1. The number of likely N-dealkylation sites (N-methyl/N-ethyl adjacent to an activating group) is 1. The molecule has 1 amide bonds. The molecule has 5 aliphatic rings. The number of hydrogen-bond donors (Lipinski definition) is 2. The summed E-state index contributed by atoms with van der Waals surface area (Å²) in [5, 5.41) is 22.9. The number of aliphatic hydroxyl groups is 1. The van der Waals surface area contributed by atoms with E-state index in [0.29, 0.717) is 41.9 Å². The van der Waals surface area contributed by atoms with Gasteiger partial charge >= 0.3 is 11.9 Å². The summed E-state index contributed by atoms with van der Waals surface area (Å²) < 4.78 is 6.18. The Morgan fingerprint density at radius 2 is 1.55 bits per heavy atom. The largest absolute Gasteiger partial charge is 0.481 e. The molecule has 1 aromatic rings. The zero-order valence-electron chi connectivity index (χ0n) is 37.2. The van der Waals surface area contributed by atoms with E-state index in [1.807, 2.05) is 19.0 Å². The quantitative estimate of drug-likeness (QED) is 0.200. The average Bonchev–Trinajstić information content (AvgIpc) is 3.44. The van der Waals surface area contributed by atoms with Crippen molar-refractivity contribution in [3.8, 4) is 0 Å². The van der Waals surface area contributed by atoms with Crippen LogP contribution in [0.3, 0.4) is 0 Å². The summed E-state index contributed by atoms with van der Waals surface area (Å²) >= 11 is 6.18. The Hall–Kier alpha value is -2.75. The van der Waals surface area contributed by atoms with Crippen molar-refractivity contribution in [2.45, 2.75) is 139 Å². The van der Waals surface area contributed by atoms with E-state index in [1.165, 1.54) is 5.57 Å². The molecule has 9 nitrogen and oxygen atoms in total. The summed E-state index contributed by atoms with van der Waals surface area (Å²) in [6.07, 6.45) is 6.25. The molecule has 2 N–H and O–H groups in total. The van der Waals surface area contributed by atoms with Gasteiger partial charge in [-0.05, 0) is 149 Å². The molecule has 10 heteroatoms. The third-order valence-corrected chi connectivity index (χ3v) is 17.3. The van der Waals surface area contributed by atoms with Crippen molar-refractivity contribution in [3.05, 3.63) is 46.0 Å². The van der Waals surface area contributed by atoms with Crippen molar-refractivity contribution in [3.63, 3.8) is 0 Å². The lowest BCUT2D eigenvalue weighted by molar-refractivity contribution is -0.235. The van der Waals surface area contributed by atoms with E-state index in [1.54, 1.807) is 43.0 Å². The van der Waals surface area contributed by atoms with Gasteiger partial charge in [-0.1, -0.05) is 65.6 Å². The van der Waals surface area contributed by atoms with Crippen LogP contribution >= 0.6 is 11.6 Å². The highest BCUT2D eigenvalue weighted by Crippen LogP contribution is 2.77. The van der Waals surface area contributed by atoms with E-state index in [2.05, 4.69) is 48.5 Å². The fourth-order valence-electron chi connectivity index (χ4n) is 13.7. The van der Waals surface area contributed by atoms with Crippen LogP contribution in [0, 0.1) is 56.2 Å². The molecule has 9 atom stereocenters. The van der Waals surface area contributed by atoms with Crippen LogP contribution < -0.4 is 0 Å². The number of Topliss-reactive ketones (excluding diaryl/α,β-unsaturated/α-hetero) is 1. The number of carbonyl (C=O) groups excluding carboxylic acids is 3. The molecular weight excluding hydrogens is 752 g/mol. The Kier molecular flexibility index (Phi) is 12.1. The number of benzene rings is 1.